The Morgan fingerprint density at radius 2 is 1.95 bits per heavy atom. The molecule has 0 spiro atoms. The van der Waals surface area contributed by atoms with Gasteiger partial charge >= 0.3 is 5.97 Å². The van der Waals surface area contributed by atoms with Gasteiger partial charge in [0.25, 0.3) is 0 Å². The van der Waals surface area contributed by atoms with Crippen LogP contribution < -0.4 is 0 Å². The Labute approximate surface area is 115 Å². The van der Waals surface area contributed by atoms with Crippen LogP contribution in [0.4, 0.5) is 0 Å². The Bertz CT molecular complexity index is 286. The third kappa shape index (κ3) is 4.59. The van der Waals surface area contributed by atoms with E-state index in [0.29, 0.717) is 12.2 Å². The quantitative estimate of drug-likeness (QED) is 0.345. The smallest absolute Gasteiger partial charge is 0.305 e. The highest BCUT2D eigenvalue weighted by atomic mass is 32.2. The molecule has 1 rings (SSSR count). The second-order valence-corrected chi connectivity index (χ2v) is 5.45. The van der Waals surface area contributed by atoms with Crippen LogP contribution in [0.25, 0.3) is 0 Å². The maximum Gasteiger partial charge on any atom is 0.305 e. The molecule has 1 saturated heterocycles. The first-order valence-corrected chi connectivity index (χ1v) is 7.05. The number of ether oxygens (including phenoxy) is 2. The fourth-order valence-corrected chi connectivity index (χ4v) is 2.85. The van der Waals surface area contributed by atoms with Crippen molar-refractivity contribution in [3.63, 3.8) is 0 Å². The molecule has 1 aliphatic rings. The van der Waals surface area contributed by atoms with Gasteiger partial charge in [-0.2, -0.15) is 0 Å². The van der Waals surface area contributed by atoms with Crippen molar-refractivity contribution in [3.8, 4) is 0 Å². The van der Waals surface area contributed by atoms with Crippen molar-refractivity contribution in [1.29, 1.82) is 0 Å². The maximum atomic E-state index is 10.9. The lowest BCUT2D eigenvalue weighted by Crippen LogP contribution is -2.57. The Morgan fingerprint density at radius 3 is 2.53 bits per heavy atom. The largest absolute Gasteiger partial charge is 0.469 e. The van der Waals surface area contributed by atoms with Crippen LogP contribution in [-0.2, 0) is 14.3 Å². The molecule has 7 nitrogen and oxygen atoms in total. The summed E-state index contributed by atoms with van der Waals surface area (Å²) in [6.45, 7) is -0.440. The second kappa shape index (κ2) is 8.03. The van der Waals surface area contributed by atoms with Crippen molar-refractivity contribution in [2.24, 2.45) is 0 Å². The summed E-state index contributed by atoms with van der Waals surface area (Å²) in [4.78, 5) is 10.9. The number of aliphatic hydroxyl groups is 4. The lowest BCUT2D eigenvalue weighted by Gasteiger charge is -2.39. The van der Waals surface area contributed by atoms with Gasteiger partial charge in [0, 0.05) is 6.42 Å². The molecule has 0 aromatic rings. The van der Waals surface area contributed by atoms with E-state index in [4.69, 9.17) is 9.84 Å². The van der Waals surface area contributed by atoms with Crippen LogP contribution in [0.5, 0.6) is 0 Å². The van der Waals surface area contributed by atoms with Crippen LogP contribution in [0, 0.1) is 0 Å². The Morgan fingerprint density at radius 1 is 1.26 bits per heavy atom. The number of carbonyl (C=O) groups is 1. The molecule has 5 atom stereocenters. The first-order chi connectivity index (χ1) is 9.01. The van der Waals surface area contributed by atoms with Crippen molar-refractivity contribution in [2.75, 3.05) is 19.5 Å². The van der Waals surface area contributed by atoms with Gasteiger partial charge in [-0.05, 0) is 12.2 Å². The number of hydrogen-bond acceptors (Lipinski definition) is 8. The monoisotopic (exact) mass is 296 g/mol. The predicted octanol–water partition coefficient (Wildman–Crippen LogP) is -1.53. The van der Waals surface area contributed by atoms with E-state index < -0.39 is 36.5 Å². The van der Waals surface area contributed by atoms with Crippen LogP contribution in [0.1, 0.15) is 12.8 Å². The molecule has 5 unspecified atom stereocenters. The molecule has 0 radical (unpaired) electrons. The third-order valence-corrected chi connectivity index (χ3v) is 4.13. The summed E-state index contributed by atoms with van der Waals surface area (Å²) < 4.78 is 9.79. The van der Waals surface area contributed by atoms with Gasteiger partial charge in [-0.15, -0.1) is 11.8 Å². The number of rotatable bonds is 6. The number of esters is 1. The van der Waals surface area contributed by atoms with E-state index in [0.717, 1.165) is 0 Å². The van der Waals surface area contributed by atoms with Gasteiger partial charge in [0.1, 0.15) is 29.9 Å². The minimum atomic E-state index is -1.36. The highest BCUT2D eigenvalue weighted by Gasteiger charge is 2.43. The molecule has 0 aromatic carbocycles. The number of hydrogen-bond donors (Lipinski definition) is 4. The summed E-state index contributed by atoms with van der Waals surface area (Å²) in [5, 5.41) is 37.9. The maximum absolute atomic E-state index is 10.9. The van der Waals surface area contributed by atoms with Gasteiger partial charge in [0.15, 0.2) is 0 Å². The van der Waals surface area contributed by atoms with Crippen molar-refractivity contribution in [1.82, 2.24) is 0 Å². The molecule has 112 valence electrons. The van der Waals surface area contributed by atoms with Crippen molar-refractivity contribution in [3.05, 3.63) is 0 Å². The first kappa shape index (κ1) is 16.7. The molecular formula is C11H20O7S. The van der Waals surface area contributed by atoms with E-state index in [-0.39, 0.29) is 12.4 Å². The molecule has 8 heteroatoms. The number of thioether (sulfide) groups is 1. The summed E-state index contributed by atoms with van der Waals surface area (Å²) in [5.41, 5.74) is -0.742. The molecule has 1 fully saturated rings. The molecule has 1 aliphatic heterocycles. The zero-order chi connectivity index (χ0) is 14.4. The lowest BCUT2D eigenvalue weighted by molar-refractivity contribution is -0.205. The molecule has 0 aliphatic carbocycles. The molecule has 0 bridgehead atoms. The van der Waals surface area contributed by atoms with Crippen molar-refractivity contribution < 1.29 is 34.7 Å². The van der Waals surface area contributed by atoms with E-state index in [1.54, 1.807) is 0 Å². The summed E-state index contributed by atoms with van der Waals surface area (Å²) in [6.07, 6.45) is -4.01. The molecule has 0 amide bonds. The van der Waals surface area contributed by atoms with Crippen LogP contribution in [0.3, 0.4) is 0 Å². The van der Waals surface area contributed by atoms with E-state index in [2.05, 4.69) is 4.74 Å². The van der Waals surface area contributed by atoms with Gasteiger partial charge in [0.05, 0.1) is 13.7 Å². The number of methoxy groups -OCH3 is 1. The van der Waals surface area contributed by atoms with E-state index in [1.165, 1.54) is 18.9 Å². The van der Waals surface area contributed by atoms with Crippen LogP contribution in [0.2, 0.25) is 0 Å². The van der Waals surface area contributed by atoms with Gasteiger partial charge in [-0.3, -0.25) is 4.79 Å². The number of carbonyl (C=O) groups excluding carboxylic acids is 1. The molecule has 0 aromatic heterocycles. The lowest BCUT2D eigenvalue weighted by atomic mass is 10.0. The molecule has 1 heterocycles. The highest BCUT2D eigenvalue weighted by molar-refractivity contribution is 7.99. The van der Waals surface area contributed by atoms with E-state index in [1.807, 2.05) is 0 Å². The Balaban J connectivity index is 2.37. The molecular weight excluding hydrogens is 276 g/mol. The average Bonchev–Trinajstić information content (AvgIpc) is 2.42. The van der Waals surface area contributed by atoms with Crippen LogP contribution in [0.15, 0.2) is 0 Å². The van der Waals surface area contributed by atoms with Crippen molar-refractivity contribution >= 4 is 17.7 Å². The second-order valence-electron chi connectivity index (χ2n) is 4.25. The standard InChI is InChI=1S/C11H20O7S/c1-17-7(13)3-2-4-19-11-10(16)9(15)8(14)6(5-12)18-11/h6,8-12,14-16H,2-5H2,1H3. The average molecular weight is 296 g/mol. The summed E-state index contributed by atoms with van der Waals surface area (Å²) >= 11 is 1.22. The van der Waals surface area contributed by atoms with Gasteiger partial charge in [0.2, 0.25) is 0 Å². The minimum Gasteiger partial charge on any atom is -0.469 e. The normalized spacial score (nSPS) is 35.1. The van der Waals surface area contributed by atoms with Crippen LogP contribution >= 0.6 is 11.8 Å². The molecule has 0 saturated carbocycles. The van der Waals surface area contributed by atoms with Crippen molar-refractivity contribution in [2.45, 2.75) is 42.7 Å². The van der Waals surface area contributed by atoms with E-state index in [9.17, 15) is 20.1 Å². The molecule has 19 heavy (non-hydrogen) atoms. The van der Waals surface area contributed by atoms with E-state index >= 15 is 0 Å². The van der Waals surface area contributed by atoms with Gasteiger partial charge in [-0.25, -0.2) is 0 Å². The number of aliphatic hydroxyl groups excluding tert-OH is 4. The summed E-state index contributed by atoms with van der Waals surface area (Å²) in [7, 11) is 1.31. The van der Waals surface area contributed by atoms with Gasteiger partial charge < -0.3 is 29.9 Å². The Hall–Kier alpha value is -0.380. The summed E-state index contributed by atoms with van der Waals surface area (Å²) in [6, 6.07) is 0. The molecule has 4 N–H and O–H groups in total. The predicted molar refractivity (Wildman–Crippen MR) is 67.5 cm³/mol. The highest BCUT2D eigenvalue weighted by Crippen LogP contribution is 2.28. The fraction of sp³-hybridized carbons (Fsp3) is 0.909. The zero-order valence-corrected chi connectivity index (χ0v) is 11.5. The minimum absolute atomic E-state index is 0.265. The SMILES string of the molecule is COC(=O)CCCSC1OC(CO)C(O)C(O)C1O. The fourth-order valence-electron chi connectivity index (χ4n) is 1.72. The zero-order valence-electron chi connectivity index (χ0n) is 10.6. The summed E-state index contributed by atoms with van der Waals surface area (Å²) in [5.74, 6) is 0.215. The Kier molecular flexibility index (Phi) is 7.05. The topological polar surface area (TPSA) is 116 Å². The third-order valence-electron chi connectivity index (χ3n) is 2.88. The van der Waals surface area contributed by atoms with Crippen LogP contribution in [-0.4, -0.2) is 75.7 Å². The first-order valence-electron chi connectivity index (χ1n) is 6.00. The van der Waals surface area contributed by atoms with Gasteiger partial charge in [-0.1, -0.05) is 0 Å².